The zero-order chi connectivity index (χ0) is 20.7. The van der Waals surface area contributed by atoms with Crippen molar-refractivity contribution < 1.29 is 23.8 Å². The van der Waals surface area contributed by atoms with Crippen molar-refractivity contribution in [3.8, 4) is 17.2 Å². The zero-order valence-electron chi connectivity index (χ0n) is 17.1. The predicted molar refractivity (Wildman–Crippen MR) is 108 cm³/mol. The lowest BCUT2D eigenvalue weighted by Crippen LogP contribution is -2.32. The molecule has 0 aliphatic heterocycles. The van der Waals surface area contributed by atoms with E-state index in [1.54, 1.807) is 49.5 Å². The molecule has 0 radical (unpaired) electrons. The molecule has 28 heavy (non-hydrogen) atoms. The Balaban J connectivity index is 2.42. The molecule has 0 aliphatic carbocycles. The van der Waals surface area contributed by atoms with Crippen LogP contribution in [0.2, 0.25) is 0 Å². The smallest absolute Gasteiger partial charge is 0.258 e. The van der Waals surface area contributed by atoms with E-state index in [0.29, 0.717) is 41.5 Å². The van der Waals surface area contributed by atoms with Crippen LogP contribution in [0.5, 0.6) is 17.2 Å². The van der Waals surface area contributed by atoms with Crippen LogP contribution < -0.4 is 14.2 Å². The lowest BCUT2D eigenvalue weighted by molar-refractivity contribution is 0.0763. The van der Waals surface area contributed by atoms with E-state index in [-0.39, 0.29) is 18.1 Å². The summed E-state index contributed by atoms with van der Waals surface area (Å²) in [6.45, 7) is 4.91. The molecular weight excluding hydrogens is 358 g/mol. The second kappa shape index (κ2) is 9.78. The summed E-state index contributed by atoms with van der Waals surface area (Å²) in [5.74, 6) is 1.17. The molecule has 1 amide bonds. The molecule has 0 saturated carbocycles. The van der Waals surface area contributed by atoms with Crippen molar-refractivity contribution in [1.82, 2.24) is 4.90 Å². The lowest BCUT2D eigenvalue weighted by Gasteiger charge is -2.21. The van der Waals surface area contributed by atoms with Gasteiger partial charge in [0.15, 0.2) is 17.3 Å². The number of carbonyl (C=O) groups is 2. The molecule has 0 saturated heterocycles. The summed E-state index contributed by atoms with van der Waals surface area (Å²) in [5.41, 5.74) is 1.43. The van der Waals surface area contributed by atoms with Crippen LogP contribution in [0, 0.1) is 0 Å². The first-order chi connectivity index (χ1) is 13.5. The molecule has 0 aromatic heterocycles. The van der Waals surface area contributed by atoms with Gasteiger partial charge in [-0.05, 0) is 37.6 Å². The molecule has 0 aliphatic rings. The molecule has 2 aromatic carbocycles. The first-order valence-corrected chi connectivity index (χ1v) is 9.20. The van der Waals surface area contributed by atoms with Gasteiger partial charge in [0.2, 0.25) is 0 Å². The number of rotatable bonds is 9. The van der Waals surface area contributed by atoms with Crippen LogP contribution >= 0.6 is 0 Å². The molecule has 0 bridgehead atoms. The first kappa shape index (κ1) is 21.3. The minimum atomic E-state index is -0.210. The molecule has 0 atom stereocenters. The Morgan fingerprint density at radius 3 is 2.07 bits per heavy atom. The topological polar surface area (TPSA) is 65.1 Å². The van der Waals surface area contributed by atoms with Crippen molar-refractivity contribution >= 4 is 11.7 Å². The molecule has 0 spiro atoms. The number of ether oxygens (including phenoxy) is 3. The predicted octanol–water partition coefficient (Wildman–Crippen LogP) is 3.62. The van der Waals surface area contributed by atoms with Crippen LogP contribution in [-0.2, 0) is 6.42 Å². The van der Waals surface area contributed by atoms with Crippen molar-refractivity contribution in [2.24, 2.45) is 0 Å². The van der Waals surface area contributed by atoms with Gasteiger partial charge in [-0.2, -0.15) is 0 Å². The molecule has 2 rings (SSSR count). The SMILES string of the molecule is CCN(CC)C(=O)c1c(OC)cccc1C(=O)Cc1ccc(OC)c(OC)c1. The van der Waals surface area contributed by atoms with Crippen molar-refractivity contribution in [3.05, 3.63) is 53.1 Å². The van der Waals surface area contributed by atoms with Crippen molar-refractivity contribution in [3.63, 3.8) is 0 Å². The van der Waals surface area contributed by atoms with Crippen molar-refractivity contribution in [2.45, 2.75) is 20.3 Å². The Kier molecular flexibility index (Phi) is 7.44. The fourth-order valence-corrected chi connectivity index (χ4v) is 3.09. The Labute approximate surface area is 166 Å². The van der Waals surface area contributed by atoms with E-state index in [1.807, 2.05) is 19.9 Å². The molecule has 6 heteroatoms. The third kappa shape index (κ3) is 4.44. The van der Waals surface area contributed by atoms with E-state index in [1.165, 1.54) is 7.11 Å². The van der Waals surface area contributed by atoms with Crippen molar-refractivity contribution in [2.75, 3.05) is 34.4 Å². The first-order valence-electron chi connectivity index (χ1n) is 9.20. The quantitative estimate of drug-likeness (QED) is 0.617. The lowest BCUT2D eigenvalue weighted by atomic mass is 9.96. The maximum Gasteiger partial charge on any atom is 0.258 e. The fraction of sp³-hybridized carbons (Fsp3) is 0.364. The Morgan fingerprint density at radius 2 is 1.50 bits per heavy atom. The van der Waals surface area contributed by atoms with Crippen LogP contribution in [0.4, 0.5) is 0 Å². The van der Waals surface area contributed by atoms with Gasteiger partial charge in [-0.3, -0.25) is 9.59 Å². The summed E-state index contributed by atoms with van der Waals surface area (Å²) in [6, 6.07) is 10.4. The summed E-state index contributed by atoms with van der Waals surface area (Å²) < 4.78 is 15.9. The van der Waals surface area contributed by atoms with E-state index >= 15 is 0 Å². The fourth-order valence-electron chi connectivity index (χ4n) is 3.09. The highest BCUT2D eigenvalue weighted by Crippen LogP contribution is 2.29. The van der Waals surface area contributed by atoms with E-state index in [4.69, 9.17) is 14.2 Å². The van der Waals surface area contributed by atoms with Gasteiger partial charge in [-0.1, -0.05) is 18.2 Å². The maximum absolute atomic E-state index is 13.1. The van der Waals surface area contributed by atoms with Gasteiger partial charge >= 0.3 is 0 Å². The second-order valence-electron chi connectivity index (χ2n) is 6.15. The maximum atomic E-state index is 13.1. The number of nitrogens with zero attached hydrogens (tertiary/aromatic N) is 1. The van der Waals surface area contributed by atoms with Crippen LogP contribution in [0.1, 0.15) is 40.1 Å². The molecule has 150 valence electrons. The van der Waals surface area contributed by atoms with E-state index in [2.05, 4.69) is 0 Å². The summed E-state index contributed by atoms with van der Waals surface area (Å²) in [6.07, 6.45) is 0.131. The molecule has 2 aromatic rings. The molecule has 0 N–H and O–H groups in total. The largest absolute Gasteiger partial charge is 0.496 e. The molecule has 0 heterocycles. The number of methoxy groups -OCH3 is 3. The van der Waals surface area contributed by atoms with E-state index in [9.17, 15) is 9.59 Å². The number of benzene rings is 2. The highest BCUT2D eigenvalue weighted by Gasteiger charge is 2.25. The molecule has 0 unspecified atom stereocenters. The van der Waals surface area contributed by atoms with Gasteiger partial charge in [-0.15, -0.1) is 0 Å². The van der Waals surface area contributed by atoms with Crippen LogP contribution in [0.3, 0.4) is 0 Å². The highest BCUT2D eigenvalue weighted by molar-refractivity contribution is 6.10. The Hall–Kier alpha value is -3.02. The van der Waals surface area contributed by atoms with Crippen LogP contribution in [0.15, 0.2) is 36.4 Å². The summed E-state index contributed by atoms with van der Waals surface area (Å²) in [7, 11) is 4.60. The number of ketones is 1. The zero-order valence-corrected chi connectivity index (χ0v) is 17.1. The van der Waals surface area contributed by atoms with Gasteiger partial charge in [0.1, 0.15) is 5.75 Å². The summed E-state index contributed by atoms with van der Waals surface area (Å²) in [5, 5.41) is 0. The number of hydrogen-bond donors (Lipinski definition) is 0. The second-order valence-corrected chi connectivity index (χ2v) is 6.15. The van der Waals surface area contributed by atoms with Crippen molar-refractivity contribution in [1.29, 1.82) is 0 Å². The molecule has 0 fully saturated rings. The highest BCUT2D eigenvalue weighted by atomic mass is 16.5. The third-order valence-electron chi connectivity index (χ3n) is 4.62. The number of hydrogen-bond acceptors (Lipinski definition) is 5. The Bertz CT molecular complexity index is 843. The average Bonchev–Trinajstić information content (AvgIpc) is 2.73. The monoisotopic (exact) mass is 385 g/mol. The number of Topliss-reactive ketones (excluding diaryl/α,β-unsaturated/α-hetero) is 1. The van der Waals surface area contributed by atoms with Gasteiger partial charge in [0.25, 0.3) is 5.91 Å². The van der Waals surface area contributed by atoms with Crippen LogP contribution in [0.25, 0.3) is 0 Å². The normalized spacial score (nSPS) is 10.3. The van der Waals surface area contributed by atoms with Gasteiger partial charge in [0.05, 0.1) is 26.9 Å². The van der Waals surface area contributed by atoms with Gasteiger partial charge in [-0.25, -0.2) is 0 Å². The average molecular weight is 385 g/mol. The molecule has 6 nitrogen and oxygen atoms in total. The molecular formula is C22H27NO5. The van der Waals surface area contributed by atoms with Gasteiger partial charge in [0, 0.05) is 25.1 Å². The standard InChI is InChI=1S/C22H27NO5/c1-6-23(7-2)22(25)21-16(9-8-10-19(21)27-4)17(24)13-15-11-12-18(26-3)20(14-15)28-5/h8-12,14H,6-7,13H2,1-5H3. The number of carbonyl (C=O) groups excluding carboxylic acids is 2. The van der Waals surface area contributed by atoms with E-state index < -0.39 is 0 Å². The minimum absolute atomic E-state index is 0.131. The summed E-state index contributed by atoms with van der Waals surface area (Å²) in [4.78, 5) is 27.7. The van der Waals surface area contributed by atoms with Gasteiger partial charge < -0.3 is 19.1 Å². The third-order valence-corrected chi connectivity index (χ3v) is 4.62. The minimum Gasteiger partial charge on any atom is -0.496 e. The van der Waals surface area contributed by atoms with E-state index in [0.717, 1.165) is 5.56 Å². The summed E-state index contributed by atoms with van der Waals surface area (Å²) >= 11 is 0. The Morgan fingerprint density at radius 1 is 0.857 bits per heavy atom. The number of amides is 1. The van der Waals surface area contributed by atoms with Crippen LogP contribution in [-0.4, -0.2) is 51.0 Å².